The number of benzene rings is 2. The van der Waals surface area contributed by atoms with Gasteiger partial charge in [-0.3, -0.25) is 9.36 Å². The van der Waals surface area contributed by atoms with Crippen LogP contribution in [0.5, 0.6) is 0 Å². The van der Waals surface area contributed by atoms with Gasteiger partial charge in [0.15, 0.2) is 0 Å². The Balaban J connectivity index is 1.98. The standard InChI is InChI=1S/C18H11BrN2OS/c19-13-6-8-14(9-7-13)21-11-20-17-16(18(21)22)15(10-23-17)12-4-2-1-3-5-12/h1-11H. The second kappa shape index (κ2) is 5.76. The monoisotopic (exact) mass is 382 g/mol. The van der Waals surface area contributed by atoms with Crippen LogP contribution in [0, 0.1) is 0 Å². The molecule has 0 fully saturated rings. The van der Waals surface area contributed by atoms with Gasteiger partial charge in [0.05, 0.1) is 11.1 Å². The molecular weight excluding hydrogens is 372 g/mol. The maximum Gasteiger partial charge on any atom is 0.267 e. The van der Waals surface area contributed by atoms with Crippen LogP contribution in [-0.4, -0.2) is 9.55 Å². The van der Waals surface area contributed by atoms with Gasteiger partial charge in [-0.25, -0.2) is 4.98 Å². The molecule has 112 valence electrons. The van der Waals surface area contributed by atoms with Gasteiger partial charge >= 0.3 is 0 Å². The molecule has 3 nitrogen and oxygen atoms in total. The molecule has 0 aliphatic heterocycles. The second-order valence-electron chi connectivity index (χ2n) is 5.09. The van der Waals surface area contributed by atoms with Crippen LogP contribution in [0.15, 0.2) is 75.6 Å². The van der Waals surface area contributed by atoms with Crippen LogP contribution in [-0.2, 0) is 0 Å². The minimum Gasteiger partial charge on any atom is -0.268 e. The summed E-state index contributed by atoms with van der Waals surface area (Å²) < 4.78 is 2.57. The highest BCUT2D eigenvalue weighted by Gasteiger charge is 2.13. The van der Waals surface area contributed by atoms with Crippen LogP contribution in [0.25, 0.3) is 27.0 Å². The number of aromatic nitrogens is 2. The van der Waals surface area contributed by atoms with Crippen LogP contribution in [0.2, 0.25) is 0 Å². The summed E-state index contributed by atoms with van der Waals surface area (Å²) in [6, 6.07) is 17.6. The zero-order valence-electron chi connectivity index (χ0n) is 11.9. The Bertz CT molecular complexity index is 1040. The lowest BCUT2D eigenvalue weighted by Crippen LogP contribution is -2.18. The molecule has 0 N–H and O–H groups in total. The molecular formula is C18H11BrN2OS. The molecule has 23 heavy (non-hydrogen) atoms. The quantitative estimate of drug-likeness (QED) is 0.495. The largest absolute Gasteiger partial charge is 0.268 e. The number of hydrogen-bond donors (Lipinski definition) is 0. The summed E-state index contributed by atoms with van der Waals surface area (Å²) in [6.45, 7) is 0. The van der Waals surface area contributed by atoms with E-state index < -0.39 is 0 Å². The van der Waals surface area contributed by atoms with E-state index in [4.69, 9.17) is 0 Å². The lowest BCUT2D eigenvalue weighted by molar-refractivity contribution is 0.966. The normalized spacial score (nSPS) is 11.0. The maximum absolute atomic E-state index is 13.0. The molecule has 0 radical (unpaired) electrons. The van der Waals surface area contributed by atoms with Gasteiger partial charge in [-0.1, -0.05) is 46.3 Å². The summed E-state index contributed by atoms with van der Waals surface area (Å²) in [4.78, 5) is 18.2. The Hall–Kier alpha value is -2.24. The molecule has 0 saturated heterocycles. The lowest BCUT2D eigenvalue weighted by atomic mass is 10.1. The smallest absolute Gasteiger partial charge is 0.267 e. The van der Waals surface area contributed by atoms with Crippen LogP contribution in [0.3, 0.4) is 0 Å². The topological polar surface area (TPSA) is 34.9 Å². The minimum absolute atomic E-state index is 0.0441. The third kappa shape index (κ3) is 2.52. The number of fused-ring (bicyclic) bond motifs is 1. The molecule has 5 heteroatoms. The Morgan fingerprint density at radius 2 is 1.74 bits per heavy atom. The maximum atomic E-state index is 13.0. The molecule has 0 aliphatic rings. The fourth-order valence-electron chi connectivity index (χ4n) is 2.55. The van der Waals surface area contributed by atoms with Gasteiger partial charge in [0.25, 0.3) is 5.56 Å². The summed E-state index contributed by atoms with van der Waals surface area (Å²) in [5.74, 6) is 0. The van der Waals surface area contributed by atoms with E-state index in [-0.39, 0.29) is 5.56 Å². The van der Waals surface area contributed by atoms with Gasteiger partial charge in [0.1, 0.15) is 11.2 Å². The molecule has 0 atom stereocenters. The first-order valence-corrected chi connectivity index (χ1v) is 8.71. The van der Waals surface area contributed by atoms with Crippen molar-refractivity contribution in [2.24, 2.45) is 0 Å². The first-order chi connectivity index (χ1) is 11.2. The van der Waals surface area contributed by atoms with Crippen molar-refractivity contribution in [1.82, 2.24) is 9.55 Å². The molecule has 0 saturated carbocycles. The summed E-state index contributed by atoms with van der Waals surface area (Å²) >= 11 is 4.91. The fraction of sp³-hybridized carbons (Fsp3) is 0. The van der Waals surface area contributed by atoms with Crippen molar-refractivity contribution in [3.8, 4) is 16.8 Å². The van der Waals surface area contributed by atoms with Gasteiger partial charge in [-0.15, -0.1) is 11.3 Å². The molecule has 0 unspecified atom stereocenters. The Morgan fingerprint density at radius 3 is 2.48 bits per heavy atom. The highest BCUT2D eigenvalue weighted by molar-refractivity contribution is 9.10. The molecule has 0 amide bonds. The summed E-state index contributed by atoms with van der Waals surface area (Å²) in [5.41, 5.74) is 2.73. The highest BCUT2D eigenvalue weighted by Crippen LogP contribution is 2.30. The zero-order chi connectivity index (χ0) is 15.8. The molecule has 2 aromatic heterocycles. The van der Waals surface area contributed by atoms with Crippen molar-refractivity contribution in [3.05, 3.63) is 81.1 Å². The molecule has 4 aromatic rings. The third-order valence-electron chi connectivity index (χ3n) is 3.68. The molecule has 0 aliphatic carbocycles. The van der Waals surface area contributed by atoms with Gasteiger partial charge in [-0.2, -0.15) is 0 Å². The Morgan fingerprint density at radius 1 is 1.00 bits per heavy atom. The first kappa shape index (κ1) is 14.4. The number of halogens is 1. The second-order valence-corrected chi connectivity index (χ2v) is 6.87. The molecule has 2 aromatic carbocycles. The van der Waals surface area contributed by atoms with Crippen LogP contribution < -0.4 is 5.56 Å². The zero-order valence-corrected chi connectivity index (χ0v) is 14.3. The lowest BCUT2D eigenvalue weighted by Gasteiger charge is -2.06. The van der Waals surface area contributed by atoms with Crippen molar-refractivity contribution in [2.45, 2.75) is 0 Å². The van der Waals surface area contributed by atoms with Gasteiger partial charge in [0.2, 0.25) is 0 Å². The average molecular weight is 383 g/mol. The molecule has 0 bridgehead atoms. The predicted octanol–water partition coefficient (Wildman–Crippen LogP) is 4.88. The molecule has 0 spiro atoms. The van der Waals surface area contributed by atoms with E-state index in [0.717, 1.165) is 26.1 Å². The molecule has 4 rings (SSSR count). The minimum atomic E-state index is -0.0441. The van der Waals surface area contributed by atoms with E-state index in [0.29, 0.717) is 5.39 Å². The van der Waals surface area contributed by atoms with E-state index in [9.17, 15) is 4.79 Å². The van der Waals surface area contributed by atoms with E-state index in [1.807, 2.05) is 60.0 Å². The SMILES string of the molecule is O=c1c2c(-c3ccccc3)csc2ncn1-c1ccc(Br)cc1. The van der Waals surface area contributed by atoms with Crippen molar-refractivity contribution in [2.75, 3.05) is 0 Å². The van der Waals surface area contributed by atoms with Crippen LogP contribution in [0.1, 0.15) is 0 Å². The Labute approximate surface area is 145 Å². The molecule has 2 heterocycles. The van der Waals surface area contributed by atoms with E-state index in [1.54, 1.807) is 10.9 Å². The highest BCUT2D eigenvalue weighted by atomic mass is 79.9. The van der Waals surface area contributed by atoms with Gasteiger partial charge in [-0.05, 0) is 29.8 Å². The number of hydrogen-bond acceptors (Lipinski definition) is 3. The van der Waals surface area contributed by atoms with E-state index in [1.165, 1.54) is 11.3 Å². The summed E-state index contributed by atoms with van der Waals surface area (Å²) in [5, 5.41) is 2.67. The predicted molar refractivity (Wildman–Crippen MR) is 98.4 cm³/mol. The van der Waals surface area contributed by atoms with Crippen molar-refractivity contribution >= 4 is 37.5 Å². The average Bonchev–Trinajstić information content (AvgIpc) is 3.02. The van der Waals surface area contributed by atoms with E-state index in [2.05, 4.69) is 20.9 Å². The number of nitrogens with zero attached hydrogens (tertiary/aromatic N) is 2. The van der Waals surface area contributed by atoms with Crippen LogP contribution in [0.4, 0.5) is 0 Å². The fourth-order valence-corrected chi connectivity index (χ4v) is 3.72. The van der Waals surface area contributed by atoms with E-state index >= 15 is 0 Å². The third-order valence-corrected chi connectivity index (χ3v) is 5.10. The van der Waals surface area contributed by atoms with Crippen LogP contribution >= 0.6 is 27.3 Å². The summed E-state index contributed by atoms with van der Waals surface area (Å²) in [7, 11) is 0. The van der Waals surface area contributed by atoms with Crippen molar-refractivity contribution in [1.29, 1.82) is 0 Å². The number of rotatable bonds is 2. The first-order valence-electron chi connectivity index (χ1n) is 7.04. The number of thiophene rings is 1. The van der Waals surface area contributed by atoms with Crippen molar-refractivity contribution in [3.63, 3.8) is 0 Å². The van der Waals surface area contributed by atoms with Gasteiger partial charge in [0, 0.05) is 15.4 Å². The Kier molecular flexibility index (Phi) is 3.59. The van der Waals surface area contributed by atoms with Crippen molar-refractivity contribution < 1.29 is 0 Å². The summed E-state index contributed by atoms with van der Waals surface area (Å²) in [6.07, 6.45) is 1.60. The van der Waals surface area contributed by atoms with Gasteiger partial charge < -0.3 is 0 Å².